The fourth-order valence-corrected chi connectivity index (χ4v) is 2.60. The van der Waals surface area contributed by atoms with E-state index in [0.29, 0.717) is 17.7 Å². The summed E-state index contributed by atoms with van der Waals surface area (Å²) in [6, 6.07) is 10.9. The van der Waals surface area contributed by atoms with Gasteiger partial charge in [-0.2, -0.15) is 0 Å². The lowest BCUT2D eigenvalue weighted by Crippen LogP contribution is -2.51. The zero-order chi connectivity index (χ0) is 12.4. The Balaban J connectivity index is 2.15. The van der Waals surface area contributed by atoms with Crippen molar-refractivity contribution in [3.63, 3.8) is 0 Å². The predicted octanol–water partition coefficient (Wildman–Crippen LogP) is 2.87. The maximum atomic E-state index is 11.9. The Kier molecular flexibility index (Phi) is 3.63. The number of carbonyl (C=O) groups excluding carboxylic acids is 1. The van der Waals surface area contributed by atoms with E-state index >= 15 is 0 Å². The summed E-state index contributed by atoms with van der Waals surface area (Å²) in [6.45, 7) is 7.32. The van der Waals surface area contributed by atoms with Crippen molar-refractivity contribution in [1.29, 1.82) is 0 Å². The van der Waals surface area contributed by atoms with Crippen LogP contribution in [0.5, 0.6) is 0 Å². The van der Waals surface area contributed by atoms with E-state index in [0.717, 1.165) is 13.0 Å². The topological polar surface area (TPSA) is 20.3 Å². The van der Waals surface area contributed by atoms with E-state index in [4.69, 9.17) is 0 Å². The summed E-state index contributed by atoms with van der Waals surface area (Å²) >= 11 is 0. The Labute approximate surface area is 104 Å². The third-order valence-corrected chi connectivity index (χ3v) is 4.04. The van der Waals surface area contributed by atoms with Gasteiger partial charge in [0.05, 0.1) is 6.04 Å². The van der Waals surface area contributed by atoms with Crippen LogP contribution in [0.25, 0.3) is 0 Å². The second kappa shape index (κ2) is 5.01. The smallest absolute Gasteiger partial charge is 0.150 e. The third kappa shape index (κ3) is 2.58. The Morgan fingerprint density at radius 3 is 2.47 bits per heavy atom. The molecule has 0 aromatic heterocycles. The van der Waals surface area contributed by atoms with Crippen LogP contribution in [0, 0.1) is 5.92 Å². The van der Waals surface area contributed by atoms with Gasteiger partial charge in [0, 0.05) is 19.0 Å². The van der Waals surface area contributed by atoms with Gasteiger partial charge in [-0.05, 0) is 25.3 Å². The summed E-state index contributed by atoms with van der Waals surface area (Å²) in [5, 5.41) is 0. The fraction of sp³-hybridized carbons (Fsp3) is 0.533. The SMILES string of the molecule is C[C@@H]1[C@@H](C)CC(=O)[C@H](C)N1Cc1ccccc1. The summed E-state index contributed by atoms with van der Waals surface area (Å²) in [5.41, 5.74) is 1.29. The first-order chi connectivity index (χ1) is 8.09. The van der Waals surface area contributed by atoms with Gasteiger partial charge in [-0.1, -0.05) is 37.3 Å². The van der Waals surface area contributed by atoms with Crippen molar-refractivity contribution in [1.82, 2.24) is 4.90 Å². The van der Waals surface area contributed by atoms with Crippen LogP contribution in [-0.4, -0.2) is 22.8 Å². The van der Waals surface area contributed by atoms with Crippen LogP contribution < -0.4 is 0 Å². The third-order valence-electron chi connectivity index (χ3n) is 4.04. The van der Waals surface area contributed by atoms with E-state index in [1.54, 1.807) is 0 Å². The van der Waals surface area contributed by atoms with Crippen LogP contribution >= 0.6 is 0 Å². The van der Waals surface area contributed by atoms with Gasteiger partial charge in [-0.3, -0.25) is 9.69 Å². The van der Waals surface area contributed by atoms with Gasteiger partial charge in [0.2, 0.25) is 0 Å². The molecule has 3 atom stereocenters. The molecule has 1 aliphatic heterocycles. The van der Waals surface area contributed by atoms with Gasteiger partial charge in [-0.25, -0.2) is 0 Å². The first-order valence-corrected chi connectivity index (χ1v) is 6.42. The average molecular weight is 231 g/mol. The van der Waals surface area contributed by atoms with Crippen molar-refractivity contribution < 1.29 is 4.79 Å². The molecule has 17 heavy (non-hydrogen) atoms. The highest BCUT2D eigenvalue weighted by molar-refractivity contribution is 5.84. The maximum absolute atomic E-state index is 11.9. The van der Waals surface area contributed by atoms with Crippen molar-refractivity contribution in [2.24, 2.45) is 5.92 Å². The van der Waals surface area contributed by atoms with Crippen LogP contribution in [0.4, 0.5) is 0 Å². The average Bonchev–Trinajstić information content (AvgIpc) is 2.33. The lowest BCUT2D eigenvalue weighted by atomic mass is 9.87. The molecule has 0 unspecified atom stereocenters. The number of hydrogen-bond acceptors (Lipinski definition) is 2. The predicted molar refractivity (Wildman–Crippen MR) is 69.7 cm³/mol. The fourth-order valence-electron chi connectivity index (χ4n) is 2.60. The largest absolute Gasteiger partial charge is 0.298 e. The summed E-state index contributed by atoms with van der Waals surface area (Å²) in [4.78, 5) is 14.2. The number of likely N-dealkylation sites (tertiary alicyclic amines) is 1. The second-order valence-electron chi connectivity index (χ2n) is 5.22. The summed E-state index contributed by atoms with van der Waals surface area (Å²) in [7, 11) is 0. The van der Waals surface area contributed by atoms with Gasteiger partial charge in [0.25, 0.3) is 0 Å². The molecule has 1 saturated heterocycles. The molecule has 1 aromatic carbocycles. The van der Waals surface area contributed by atoms with Crippen LogP contribution in [0.2, 0.25) is 0 Å². The van der Waals surface area contributed by atoms with E-state index in [9.17, 15) is 4.79 Å². The van der Waals surface area contributed by atoms with Crippen molar-refractivity contribution >= 4 is 5.78 Å². The molecule has 0 aliphatic carbocycles. The molecule has 0 radical (unpaired) electrons. The number of benzene rings is 1. The highest BCUT2D eigenvalue weighted by atomic mass is 16.1. The molecule has 0 amide bonds. The van der Waals surface area contributed by atoms with Crippen molar-refractivity contribution in [2.45, 2.75) is 45.8 Å². The van der Waals surface area contributed by atoms with Crippen LogP contribution in [0.1, 0.15) is 32.8 Å². The van der Waals surface area contributed by atoms with Crippen LogP contribution in [0.15, 0.2) is 30.3 Å². The van der Waals surface area contributed by atoms with E-state index in [2.05, 4.69) is 43.0 Å². The summed E-state index contributed by atoms with van der Waals surface area (Å²) < 4.78 is 0. The number of nitrogens with zero attached hydrogens (tertiary/aromatic N) is 1. The number of hydrogen-bond donors (Lipinski definition) is 0. The Hall–Kier alpha value is -1.15. The molecule has 1 aliphatic rings. The molecule has 0 saturated carbocycles. The molecule has 0 N–H and O–H groups in total. The molecule has 1 fully saturated rings. The quantitative estimate of drug-likeness (QED) is 0.780. The summed E-state index contributed by atoms with van der Waals surface area (Å²) in [6.07, 6.45) is 0.730. The Morgan fingerprint density at radius 1 is 1.18 bits per heavy atom. The standard InChI is InChI=1S/C15H21NO/c1-11-9-15(17)13(3)16(12(11)2)10-14-7-5-4-6-8-14/h4-8,11-13H,9-10H2,1-3H3/t11-,12+,13-/m0/s1. The van der Waals surface area contributed by atoms with Crippen LogP contribution in [0.3, 0.4) is 0 Å². The van der Waals surface area contributed by atoms with Crippen LogP contribution in [-0.2, 0) is 11.3 Å². The van der Waals surface area contributed by atoms with Gasteiger partial charge < -0.3 is 0 Å². The highest BCUT2D eigenvalue weighted by Crippen LogP contribution is 2.26. The lowest BCUT2D eigenvalue weighted by Gasteiger charge is -2.41. The van der Waals surface area contributed by atoms with Crippen molar-refractivity contribution in [3.05, 3.63) is 35.9 Å². The van der Waals surface area contributed by atoms with Gasteiger partial charge >= 0.3 is 0 Å². The molecule has 0 bridgehead atoms. The number of rotatable bonds is 2. The van der Waals surface area contributed by atoms with E-state index in [1.165, 1.54) is 5.56 Å². The van der Waals surface area contributed by atoms with Crippen molar-refractivity contribution in [2.75, 3.05) is 0 Å². The maximum Gasteiger partial charge on any atom is 0.150 e. The molecular weight excluding hydrogens is 210 g/mol. The molecule has 0 spiro atoms. The zero-order valence-corrected chi connectivity index (χ0v) is 10.9. The molecule has 2 rings (SSSR count). The molecule has 2 nitrogen and oxygen atoms in total. The molecule has 2 heteroatoms. The van der Waals surface area contributed by atoms with Crippen molar-refractivity contribution in [3.8, 4) is 0 Å². The zero-order valence-electron chi connectivity index (χ0n) is 10.9. The van der Waals surface area contributed by atoms with E-state index < -0.39 is 0 Å². The minimum atomic E-state index is 0.0569. The van der Waals surface area contributed by atoms with E-state index in [1.807, 2.05) is 13.0 Å². The second-order valence-corrected chi connectivity index (χ2v) is 5.22. The first kappa shape index (κ1) is 12.3. The Morgan fingerprint density at radius 2 is 1.82 bits per heavy atom. The summed E-state index contributed by atoms with van der Waals surface area (Å²) in [5.74, 6) is 0.842. The van der Waals surface area contributed by atoms with E-state index in [-0.39, 0.29) is 6.04 Å². The molecule has 1 aromatic rings. The minimum Gasteiger partial charge on any atom is -0.298 e. The lowest BCUT2D eigenvalue weighted by molar-refractivity contribution is -0.130. The first-order valence-electron chi connectivity index (χ1n) is 6.42. The van der Waals surface area contributed by atoms with Gasteiger partial charge in [-0.15, -0.1) is 0 Å². The molecule has 1 heterocycles. The number of Topliss-reactive ketones (excluding diaryl/α,β-unsaturated/α-hetero) is 1. The monoisotopic (exact) mass is 231 g/mol. The Bertz CT molecular complexity index is 387. The number of carbonyl (C=O) groups is 1. The normalized spacial score (nSPS) is 30.5. The molecular formula is C15H21NO. The van der Waals surface area contributed by atoms with Gasteiger partial charge in [0.15, 0.2) is 0 Å². The molecule has 92 valence electrons. The number of ketones is 1. The highest BCUT2D eigenvalue weighted by Gasteiger charge is 2.35. The minimum absolute atomic E-state index is 0.0569. The number of piperidine rings is 1. The van der Waals surface area contributed by atoms with Gasteiger partial charge in [0.1, 0.15) is 5.78 Å².